The van der Waals surface area contributed by atoms with Gasteiger partial charge in [0.1, 0.15) is 5.15 Å². The Balaban J connectivity index is 2.00. The van der Waals surface area contributed by atoms with Crippen molar-refractivity contribution in [2.24, 2.45) is 0 Å². The normalized spacial score (nSPS) is 10.9. The van der Waals surface area contributed by atoms with Gasteiger partial charge < -0.3 is 9.55 Å². The fourth-order valence-electron chi connectivity index (χ4n) is 1.83. The molecule has 0 radical (unpaired) electrons. The summed E-state index contributed by atoms with van der Waals surface area (Å²) in [6, 6.07) is 7.64. The number of imidazole rings is 1. The van der Waals surface area contributed by atoms with Crippen LogP contribution in [0.15, 0.2) is 36.7 Å². The summed E-state index contributed by atoms with van der Waals surface area (Å²) in [6.07, 6.45) is 3.72. The van der Waals surface area contributed by atoms with Crippen molar-refractivity contribution in [1.29, 1.82) is 0 Å². The van der Waals surface area contributed by atoms with Crippen molar-refractivity contribution in [3.63, 3.8) is 0 Å². The number of hydrogen-bond donors (Lipinski definition) is 1. The minimum Gasteiger partial charge on any atom is -0.328 e. The van der Waals surface area contributed by atoms with Gasteiger partial charge in [-0.25, -0.2) is 9.97 Å². The highest BCUT2D eigenvalue weighted by Gasteiger charge is 2.09. The number of nitrogens with zero attached hydrogens (tertiary/aromatic N) is 3. The van der Waals surface area contributed by atoms with Crippen LogP contribution in [0.25, 0.3) is 11.5 Å². The zero-order chi connectivity index (χ0) is 12.5. The van der Waals surface area contributed by atoms with E-state index in [4.69, 9.17) is 23.8 Å². The summed E-state index contributed by atoms with van der Waals surface area (Å²) < 4.78 is 2.52. The number of pyridine rings is 2. The summed E-state index contributed by atoms with van der Waals surface area (Å²) in [5.41, 5.74) is 2.00. The van der Waals surface area contributed by atoms with Crippen molar-refractivity contribution in [3.05, 3.63) is 52.1 Å². The fourth-order valence-corrected chi connectivity index (χ4v) is 2.14. The van der Waals surface area contributed by atoms with E-state index in [0.29, 0.717) is 16.5 Å². The third-order valence-corrected chi connectivity index (χ3v) is 3.05. The Morgan fingerprint density at radius 2 is 2.22 bits per heavy atom. The Bertz CT molecular complexity index is 701. The fraction of sp³-hybridized carbons (Fsp3) is 0.0833. The van der Waals surface area contributed by atoms with E-state index in [1.54, 1.807) is 12.3 Å². The van der Waals surface area contributed by atoms with Crippen molar-refractivity contribution in [2.75, 3.05) is 0 Å². The number of aromatic nitrogens is 4. The van der Waals surface area contributed by atoms with Gasteiger partial charge in [0.25, 0.3) is 0 Å². The first kappa shape index (κ1) is 11.4. The number of hydrogen-bond acceptors (Lipinski definition) is 3. The van der Waals surface area contributed by atoms with Crippen LogP contribution in [0, 0.1) is 4.77 Å². The molecule has 18 heavy (non-hydrogen) atoms. The Morgan fingerprint density at radius 3 is 3.00 bits per heavy atom. The Labute approximate surface area is 114 Å². The van der Waals surface area contributed by atoms with Crippen LogP contribution in [0.5, 0.6) is 0 Å². The molecule has 0 atom stereocenters. The average molecular weight is 277 g/mol. The monoisotopic (exact) mass is 276 g/mol. The second-order valence-corrected chi connectivity index (χ2v) is 4.68. The maximum absolute atomic E-state index is 5.76. The van der Waals surface area contributed by atoms with E-state index in [1.165, 1.54) is 0 Å². The van der Waals surface area contributed by atoms with E-state index < -0.39 is 0 Å². The molecule has 1 aromatic rings. The maximum atomic E-state index is 5.76. The van der Waals surface area contributed by atoms with E-state index >= 15 is 0 Å². The SMILES string of the molecule is S=c1nc2n(Cc3ccc(Cl)nc3)cccc-2[nH]1. The van der Waals surface area contributed by atoms with Crippen LogP contribution in [0.3, 0.4) is 0 Å². The summed E-state index contributed by atoms with van der Waals surface area (Å²) in [7, 11) is 0. The average Bonchev–Trinajstić information content (AvgIpc) is 2.73. The predicted molar refractivity (Wildman–Crippen MR) is 72.4 cm³/mol. The third-order valence-electron chi connectivity index (χ3n) is 2.63. The molecule has 0 amide bonds. The van der Waals surface area contributed by atoms with Gasteiger partial charge in [0.2, 0.25) is 0 Å². The molecule has 2 aliphatic rings. The molecule has 6 heteroatoms. The second kappa shape index (κ2) is 4.51. The molecule has 4 nitrogen and oxygen atoms in total. The van der Waals surface area contributed by atoms with Gasteiger partial charge in [0.05, 0.1) is 12.2 Å². The highest BCUT2D eigenvalue weighted by molar-refractivity contribution is 7.71. The smallest absolute Gasteiger partial charge is 0.199 e. The highest BCUT2D eigenvalue weighted by Crippen LogP contribution is 2.18. The van der Waals surface area contributed by atoms with Gasteiger partial charge in [0, 0.05) is 12.4 Å². The lowest BCUT2D eigenvalue weighted by Crippen LogP contribution is -2.04. The molecule has 1 aromatic heterocycles. The second-order valence-electron chi connectivity index (χ2n) is 3.90. The van der Waals surface area contributed by atoms with Crippen LogP contribution < -0.4 is 0 Å². The molecule has 1 N–H and O–H groups in total. The van der Waals surface area contributed by atoms with Crippen LogP contribution in [-0.4, -0.2) is 19.5 Å². The molecule has 0 saturated heterocycles. The number of rotatable bonds is 2. The molecule has 0 saturated carbocycles. The number of H-pyrrole nitrogens is 1. The molecule has 90 valence electrons. The van der Waals surface area contributed by atoms with E-state index in [9.17, 15) is 0 Å². The van der Waals surface area contributed by atoms with Crippen LogP contribution in [0.1, 0.15) is 5.56 Å². The molecule has 0 aromatic carbocycles. The van der Waals surface area contributed by atoms with Crippen molar-refractivity contribution in [3.8, 4) is 11.5 Å². The van der Waals surface area contributed by atoms with Crippen LogP contribution >= 0.6 is 23.8 Å². The molecular formula is C12H9ClN4S. The largest absolute Gasteiger partial charge is 0.328 e. The summed E-state index contributed by atoms with van der Waals surface area (Å²) >= 11 is 10.8. The lowest BCUT2D eigenvalue weighted by Gasteiger charge is -2.10. The number of halogens is 1. The number of fused-ring (bicyclic) bond motifs is 1. The van der Waals surface area contributed by atoms with Gasteiger partial charge in [-0.3, -0.25) is 0 Å². The van der Waals surface area contributed by atoms with E-state index in [1.807, 2.05) is 29.0 Å². The van der Waals surface area contributed by atoms with Gasteiger partial charge in [-0.1, -0.05) is 17.7 Å². The maximum Gasteiger partial charge on any atom is 0.199 e. The van der Waals surface area contributed by atoms with Crippen molar-refractivity contribution >= 4 is 23.8 Å². The first-order chi connectivity index (χ1) is 8.72. The first-order valence-corrected chi connectivity index (χ1v) is 6.16. The van der Waals surface area contributed by atoms with Crippen molar-refractivity contribution in [1.82, 2.24) is 19.5 Å². The van der Waals surface area contributed by atoms with Crippen molar-refractivity contribution in [2.45, 2.75) is 6.54 Å². The lowest BCUT2D eigenvalue weighted by molar-refractivity contribution is 0.781. The number of aromatic amines is 1. The molecular weight excluding hydrogens is 268 g/mol. The lowest BCUT2D eigenvalue weighted by atomic mass is 10.2. The van der Waals surface area contributed by atoms with Gasteiger partial charge in [-0.2, -0.15) is 0 Å². The minimum absolute atomic E-state index is 0.495. The molecule has 0 bridgehead atoms. The predicted octanol–water partition coefficient (Wildman–Crippen LogP) is 3.14. The Hall–Kier alpha value is -1.72. The topological polar surface area (TPSA) is 46.5 Å². The van der Waals surface area contributed by atoms with Gasteiger partial charge in [0.15, 0.2) is 10.6 Å². The molecule has 2 aliphatic heterocycles. The third kappa shape index (κ3) is 2.14. The van der Waals surface area contributed by atoms with Crippen LogP contribution in [-0.2, 0) is 6.54 Å². The Morgan fingerprint density at radius 1 is 1.33 bits per heavy atom. The first-order valence-electron chi connectivity index (χ1n) is 5.38. The molecule has 0 fully saturated rings. The van der Waals surface area contributed by atoms with E-state index in [-0.39, 0.29) is 0 Å². The zero-order valence-corrected chi connectivity index (χ0v) is 10.9. The Kier molecular flexibility index (Phi) is 2.85. The highest BCUT2D eigenvalue weighted by atomic mass is 35.5. The summed E-state index contributed by atoms with van der Waals surface area (Å²) in [5, 5.41) is 0.495. The van der Waals surface area contributed by atoms with E-state index in [0.717, 1.165) is 17.1 Å². The summed E-state index contributed by atoms with van der Waals surface area (Å²) in [4.78, 5) is 11.4. The van der Waals surface area contributed by atoms with Gasteiger partial charge in [-0.05, 0) is 36.0 Å². The standard InChI is InChI=1S/C12H9ClN4S/c13-10-4-3-8(6-14-10)7-17-5-1-2-9-11(17)16-12(18)15-9/h1-6H,7H2,(H,15,18). The van der Waals surface area contributed by atoms with Crippen LogP contribution in [0.2, 0.25) is 5.15 Å². The molecule has 3 rings (SSSR count). The summed E-state index contributed by atoms with van der Waals surface area (Å²) in [5.74, 6) is 0.845. The van der Waals surface area contributed by atoms with Crippen LogP contribution in [0.4, 0.5) is 0 Å². The minimum atomic E-state index is 0.495. The molecule has 0 unspecified atom stereocenters. The molecule has 0 aliphatic carbocycles. The van der Waals surface area contributed by atoms with Gasteiger partial charge in [-0.15, -0.1) is 0 Å². The molecule has 3 heterocycles. The quantitative estimate of drug-likeness (QED) is 0.578. The zero-order valence-electron chi connectivity index (χ0n) is 9.30. The van der Waals surface area contributed by atoms with E-state index in [2.05, 4.69) is 15.0 Å². The number of nitrogens with one attached hydrogen (secondary N) is 1. The van der Waals surface area contributed by atoms with Gasteiger partial charge >= 0.3 is 0 Å². The summed E-state index contributed by atoms with van der Waals surface area (Å²) in [6.45, 7) is 0.682. The van der Waals surface area contributed by atoms with Crippen molar-refractivity contribution < 1.29 is 0 Å². The molecule has 0 spiro atoms.